The fourth-order valence-corrected chi connectivity index (χ4v) is 3.93. The maximum atomic E-state index is 4.48. The molecule has 2 heterocycles. The van der Waals surface area contributed by atoms with Crippen LogP contribution in [-0.4, -0.2) is 72.0 Å². The third-order valence-corrected chi connectivity index (χ3v) is 5.89. The van der Waals surface area contributed by atoms with Gasteiger partial charge in [0.15, 0.2) is 5.96 Å². The molecule has 0 aliphatic carbocycles. The van der Waals surface area contributed by atoms with E-state index in [2.05, 4.69) is 93.2 Å². The Morgan fingerprint density at radius 2 is 1.70 bits per heavy atom. The molecule has 30 heavy (non-hydrogen) atoms. The van der Waals surface area contributed by atoms with Gasteiger partial charge in [0.25, 0.3) is 0 Å². The number of hydrogen-bond acceptors (Lipinski definition) is 3. The Balaban J connectivity index is 0.00000320. The number of piperazine rings is 1. The minimum absolute atomic E-state index is 0. The summed E-state index contributed by atoms with van der Waals surface area (Å²) < 4.78 is 2.15. The lowest BCUT2D eigenvalue weighted by Gasteiger charge is -2.34. The number of aliphatic imine (C=N–C) groups is 1. The van der Waals surface area contributed by atoms with Crippen LogP contribution in [0.2, 0.25) is 0 Å². The van der Waals surface area contributed by atoms with Crippen LogP contribution < -0.4 is 5.32 Å². The van der Waals surface area contributed by atoms with Crippen molar-refractivity contribution in [3.8, 4) is 0 Å². The van der Waals surface area contributed by atoms with Crippen molar-refractivity contribution in [1.29, 1.82) is 0 Å². The van der Waals surface area contributed by atoms with Crippen LogP contribution in [0, 0.1) is 0 Å². The molecule has 3 rings (SSSR count). The van der Waals surface area contributed by atoms with Gasteiger partial charge in [-0.15, -0.1) is 24.0 Å². The largest absolute Gasteiger partial charge is 0.353 e. The second-order valence-corrected chi connectivity index (χ2v) is 7.85. The highest BCUT2D eigenvalue weighted by atomic mass is 127. The zero-order chi connectivity index (χ0) is 20.6. The molecule has 1 saturated heterocycles. The zero-order valence-electron chi connectivity index (χ0n) is 18.8. The van der Waals surface area contributed by atoms with Crippen molar-refractivity contribution >= 4 is 29.9 Å². The number of likely N-dealkylation sites (N-methyl/N-ethyl adjacent to an activating group) is 1. The maximum Gasteiger partial charge on any atom is 0.194 e. The van der Waals surface area contributed by atoms with Crippen molar-refractivity contribution < 1.29 is 0 Å². The summed E-state index contributed by atoms with van der Waals surface area (Å²) >= 11 is 0. The fraction of sp³-hybridized carbons (Fsp3) is 0.522. The van der Waals surface area contributed by atoms with Crippen molar-refractivity contribution in [3.05, 3.63) is 59.4 Å². The molecule has 0 saturated carbocycles. The monoisotopic (exact) mass is 524 g/mol. The van der Waals surface area contributed by atoms with Gasteiger partial charge in [-0.3, -0.25) is 9.89 Å². The van der Waals surface area contributed by atoms with Crippen molar-refractivity contribution in [2.45, 2.75) is 26.6 Å². The Bertz CT molecular complexity index is 794. The van der Waals surface area contributed by atoms with Crippen LogP contribution >= 0.6 is 24.0 Å². The van der Waals surface area contributed by atoms with Gasteiger partial charge in [0.05, 0.1) is 6.54 Å². The lowest BCUT2D eigenvalue weighted by Crippen LogP contribution is -2.45. The quantitative estimate of drug-likeness (QED) is 0.344. The zero-order valence-corrected chi connectivity index (χ0v) is 21.2. The van der Waals surface area contributed by atoms with Gasteiger partial charge >= 0.3 is 0 Å². The van der Waals surface area contributed by atoms with Crippen molar-refractivity contribution in [2.24, 2.45) is 12.0 Å². The molecule has 0 unspecified atom stereocenters. The predicted molar refractivity (Wildman–Crippen MR) is 136 cm³/mol. The van der Waals surface area contributed by atoms with Gasteiger partial charge in [0.2, 0.25) is 0 Å². The number of aryl methyl sites for hydroxylation is 1. The molecule has 0 atom stereocenters. The normalized spacial score (nSPS) is 15.7. The summed E-state index contributed by atoms with van der Waals surface area (Å²) in [6.45, 7) is 10.7. The first-order valence-corrected chi connectivity index (χ1v) is 10.6. The number of nitrogens with one attached hydrogen (secondary N) is 1. The lowest BCUT2D eigenvalue weighted by atomic mass is 10.1. The van der Waals surface area contributed by atoms with E-state index in [1.807, 2.05) is 7.05 Å². The molecular weight excluding hydrogens is 487 g/mol. The van der Waals surface area contributed by atoms with Crippen molar-refractivity contribution in [1.82, 2.24) is 24.6 Å². The molecule has 0 bridgehead atoms. The van der Waals surface area contributed by atoms with E-state index in [-0.39, 0.29) is 24.0 Å². The van der Waals surface area contributed by atoms with Crippen LogP contribution in [0.1, 0.15) is 23.7 Å². The van der Waals surface area contributed by atoms with E-state index in [9.17, 15) is 0 Å². The van der Waals surface area contributed by atoms with Crippen LogP contribution in [0.4, 0.5) is 0 Å². The first-order valence-electron chi connectivity index (χ1n) is 10.6. The fourth-order valence-electron chi connectivity index (χ4n) is 3.93. The van der Waals surface area contributed by atoms with E-state index in [1.54, 1.807) is 0 Å². The number of rotatable bonds is 7. The molecular formula is C23H37IN6. The van der Waals surface area contributed by atoms with E-state index in [0.29, 0.717) is 0 Å². The molecule has 166 valence electrons. The van der Waals surface area contributed by atoms with Crippen molar-refractivity contribution in [3.63, 3.8) is 0 Å². The molecule has 2 aromatic rings. The van der Waals surface area contributed by atoms with E-state index < -0.39 is 0 Å². The second kappa shape index (κ2) is 12.3. The topological polar surface area (TPSA) is 39.0 Å². The molecule has 0 amide bonds. The van der Waals surface area contributed by atoms with E-state index in [1.165, 1.54) is 29.9 Å². The third kappa shape index (κ3) is 6.72. The minimum Gasteiger partial charge on any atom is -0.353 e. The summed E-state index contributed by atoms with van der Waals surface area (Å²) in [5.74, 6) is 0.914. The molecule has 1 fully saturated rings. The first kappa shape index (κ1) is 24.7. The van der Waals surface area contributed by atoms with Gasteiger partial charge in [-0.2, -0.15) is 0 Å². The average Bonchev–Trinajstić information content (AvgIpc) is 3.14. The Hall–Kier alpha value is -1.58. The number of nitrogens with zero attached hydrogens (tertiary/aromatic N) is 5. The maximum absolute atomic E-state index is 4.48. The summed E-state index contributed by atoms with van der Waals surface area (Å²) in [5.41, 5.74) is 4.02. The van der Waals surface area contributed by atoms with Gasteiger partial charge in [-0.1, -0.05) is 31.2 Å². The Morgan fingerprint density at radius 3 is 2.30 bits per heavy atom. The molecule has 0 spiro atoms. The SMILES string of the molecule is CCN1CCN(Cc2ccccc2CNC(=NC)N(C)Cc2cccn2C)CC1.I. The lowest BCUT2D eigenvalue weighted by molar-refractivity contribution is 0.131. The van der Waals surface area contributed by atoms with Crippen LogP contribution in [0.5, 0.6) is 0 Å². The van der Waals surface area contributed by atoms with Gasteiger partial charge in [-0.05, 0) is 29.8 Å². The van der Waals surface area contributed by atoms with Gasteiger partial charge in [0.1, 0.15) is 0 Å². The van der Waals surface area contributed by atoms with Crippen LogP contribution in [-0.2, 0) is 26.7 Å². The summed E-state index contributed by atoms with van der Waals surface area (Å²) in [7, 11) is 6.01. The third-order valence-electron chi connectivity index (χ3n) is 5.89. The summed E-state index contributed by atoms with van der Waals surface area (Å²) in [6, 6.07) is 13.0. The molecule has 1 aliphatic rings. The summed E-state index contributed by atoms with van der Waals surface area (Å²) in [6.07, 6.45) is 2.08. The van der Waals surface area contributed by atoms with Gasteiger partial charge in [0, 0.05) is 72.3 Å². The number of aromatic nitrogens is 1. The standard InChI is InChI=1S/C23H36N6.HI/c1-5-28-13-15-29(16-14-28)18-21-10-7-6-9-20(21)17-25-23(24-2)27(4)19-22-11-8-12-26(22)3;/h6-12H,5,13-19H2,1-4H3,(H,24,25);1H. The minimum atomic E-state index is 0. The highest BCUT2D eigenvalue weighted by Gasteiger charge is 2.17. The van der Waals surface area contributed by atoms with Gasteiger partial charge in [-0.25, -0.2) is 0 Å². The van der Waals surface area contributed by atoms with Crippen LogP contribution in [0.3, 0.4) is 0 Å². The highest BCUT2D eigenvalue weighted by Crippen LogP contribution is 2.14. The predicted octanol–water partition coefficient (Wildman–Crippen LogP) is 2.99. The van der Waals surface area contributed by atoms with E-state index in [0.717, 1.165) is 45.2 Å². The molecule has 7 heteroatoms. The molecule has 1 aliphatic heterocycles. The molecule has 1 aromatic heterocycles. The Labute approximate surface area is 199 Å². The summed E-state index contributed by atoms with van der Waals surface area (Å²) in [4.78, 5) is 11.7. The van der Waals surface area contributed by atoms with E-state index in [4.69, 9.17) is 0 Å². The number of guanidine groups is 1. The van der Waals surface area contributed by atoms with E-state index >= 15 is 0 Å². The molecule has 0 radical (unpaired) electrons. The Morgan fingerprint density at radius 1 is 1.03 bits per heavy atom. The van der Waals surface area contributed by atoms with Crippen molar-refractivity contribution in [2.75, 3.05) is 46.8 Å². The van der Waals surface area contributed by atoms with Crippen LogP contribution in [0.25, 0.3) is 0 Å². The number of hydrogen-bond donors (Lipinski definition) is 1. The highest BCUT2D eigenvalue weighted by molar-refractivity contribution is 14.0. The first-order chi connectivity index (χ1) is 14.1. The van der Waals surface area contributed by atoms with Crippen LogP contribution in [0.15, 0.2) is 47.6 Å². The summed E-state index contributed by atoms with van der Waals surface area (Å²) in [5, 5.41) is 3.55. The second-order valence-electron chi connectivity index (χ2n) is 7.85. The molecule has 6 nitrogen and oxygen atoms in total. The van der Waals surface area contributed by atoms with Gasteiger partial charge < -0.3 is 19.7 Å². The Kier molecular flexibility index (Phi) is 10.1. The smallest absolute Gasteiger partial charge is 0.194 e. The number of benzene rings is 1. The molecule has 1 N–H and O–H groups in total. The average molecular weight is 524 g/mol. The molecule has 1 aromatic carbocycles. The number of halogens is 1.